The summed E-state index contributed by atoms with van der Waals surface area (Å²) in [5.74, 6) is -0.135. The molecule has 0 fully saturated rings. The monoisotopic (exact) mass is 467 g/mol. The molecule has 1 amide bonds. The lowest BCUT2D eigenvalue weighted by molar-refractivity contribution is -0.127. The summed E-state index contributed by atoms with van der Waals surface area (Å²) < 4.78 is 16.9. The molecule has 0 radical (unpaired) electrons. The Morgan fingerprint density at radius 3 is 2.75 bits per heavy atom. The lowest BCUT2D eigenvalue weighted by Gasteiger charge is -2.33. The summed E-state index contributed by atoms with van der Waals surface area (Å²) in [7, 11) is 2.26. The Labute approximate surface area is 194 Å². The van der Waals surface area contributed by atoms with E-state index in [2.05, 4.69) is 39.6 Å². The van der Waals surface area contributed by atoms with E-state index in [0.717, 1.165) is 26.4 Å². The maximum absolute atomic E-state index is 15.1. The Kier molecular flexibility index (Phi) is 6.19. The summed E-state index contributed by atoms with van der Waals surface area (Å²) >= 11 is 1.66. The third kappa shape index (κ3) is 4.10. The van der Waals surface area contributed by atoms with Crippen LogP contribution in [0.5, 0.6) is 0 Å². The van der Waals surface area contributed by atoms with Crippen LogP contribution in [0.25, 0.3) is 17.2 Å². The highest BCUT2D eigenvalue weighted by molar-refractivity contribution is 7.18. The van der Waals surface area contributed by atoms with Gasteiger partial charge in [-0.05, 0) is 42.7 Å². The molecule has 2 unspecified atom stereocenters. The van der Waals surface area contributed by atoms with Crippen molar-refractivity contribution in [3.05, 3.63) is 82.3 Å². The van der Waals surface area contributed by atoms with Gasteiger partial charge >= 0.3 is 0 Å². The zero-order valence-electron chi connectivity index (χ0n) is 18.3. The van der Waals surface area contributed by atoms with E-state index in [4.69, 9.17) is 0 Å². The number of carbonyl (C=O) groups excluding carboxylic acids is 1. The highest BCUT2D eigenvalue weighted by atomic mass is 32.1. The van der Waals surface area contributed by atoms with Crippen molar-refractivity contribution in [2.45, 2.75) is 38.3 Å². The predicted molar refractivity (Wildman–Crippen MR) is 133 cm³/mol. The van der Waals surface area contributed by atoms with Gasteiger partial charge in [-0.1, -0.05) is 52.7 Å². The van der Waals surface area contributed by atoms with E-state index in [-0.39, 0.29) is 11.8 Å². The van der Waals surface area contributed by atoms with Crippen molar-refractivity contribution in [1.29, 1.82) is 0 Å². The first-order chi connectivity index (χ1) is 15.3. The van der Waals surface area contributed by atoms with Crippen molar-refractivity contribution in [2.75, 3.05) is 6.54 Å². The lowest BCUT2D eigenvalue weighted by Crippen LogP contribution is -2.37. The molecule has 0 N–H and O–H groups in total. The molecular weight excluding hydrogens is 440 g/mol. The number of thiophene rings is 1. The third-order valence-electron chi connectivity index (χ3n) is 5.84. The number of benzene rings is 1. The number of rotatable bonds is 6. The molecule has 4 nitrogen and oxygen atoms in total. The SMILES string of the molecule is C=CC(=O)N1Cc2sc(C=C)cc2[C@H](c2ccccc2-c2cn(CC)nc2C(C)(F)P)C1. The van der Waals surface area contributed by atoms with E-state index >= 15 is 4.39 Å². The van der Waals surface area contributed by atoms with Crippen LogP contribution in [0.4, 0.5) is 4.39 Å². The van der Waals surface area contributed by atoms with Crippen molar-refractivity contribution in [1.82, 2.24) is 14.7 Å². The molecule has 0 spiro atoms. The Bertz CT molecular complexity index is 1190. The first-order valence-electron chi connectivity index (χ1n) is 10.6. The highest BCUT2D eigenvalue weighted by Crippen LogP contribution is 2.44. The van der Waals surface area contributed by atoms with E-state index in [0.29, 0.717) is 25.3 Å². The molecule has 0 aliphatic carbocycles. The average Bonchev–Trinajstić information content (AvgIpc) is 3.41. The maximum atomic E-state index is 15.1. The van der Waals surface area contributed by atoms with Crippen LogP contribution in [0.3, 0.4) is 0 Å². The molecule has 0 saturated heterocycles. The molecule has 3 atom stereocenters. The number of carbonyl (C=O) groups is 1. The van der Waals surface area contributed by atoms with Gasteiger partial charge in [0.25, 0.3) is 0 Å². The van der Waals surface area contributed by atoms with Crippen molar-refractivity contribution < 1.29 is 9.18 Å². The standard InChI is InChI=1S/C25H27FN3OPS/c1-5-16-12-19-20(13-28(23(30)6-2)15-22(19)32-16)17-10-8-9-11-18(17)21-14-29(7-3)27-24(21)25(4,26)31/h5-6,8-12,14,20H,1-2,7,13,15,31H2,3-4H3/t20-,25?/m0/s1. The molecule has 4 rings (SSSR count). The fraction of sp³-hybridized carbons (Fsp3) is 0.280. The van der Waals surface area contributed by atoms with Crippen LogP contribution >= 0.6 is 20.6 Å². The van der Waals surface area contributed by atoms with E-state index < -0.39 is 5.41 Å². The number of nitrogens with zero attached hydrogens (tertiary/aromatic N) is 3. The minimum atomic E-state index is -1.66. The molecular formula is C25H27FN3OPS. The van der Waals surface area contributed by atoms with Crippen LogP contribution in [-0.2, 0) is 23.3 Å². The number of alkyl halides is 1. The van der Waals surface area contributed by atoms with Crippen LogP contribution in [0.2, 0.25) is 0 Å². The smallest absolute Gasteiger partial charge is 0.246 e. The van der Waals surface area contributed by atoms with Crippen molar-refractivity contribution in [3.8, 4) is 11.1 Å². The first-order valence-corrected chi connectivity index (χ1v) is 12.0. The van der Waals surface area contributed by atoms with Gasteiger partial charge in [0.15, 0.2) is 5.41 Å². The minimum Gasteiger partial charge on any atom is -0.333 e. The summed E-state index contributed by atoms with van der Waals surface area (Å²) in [5, 5.41) is 2.85. The summed E-state index contributed by atoms with van der Waals surface area (Å²) in [6, 6.07) is 10.2. The van der Waals surface area contributed by atoms with E-state index in [1.807, 2.05) is 42.3 Å². The Balaban J connectivity index is 1.90. The summed E-state index contributed by atoms with van der Waals surface area (Å²) in [4.78, 5) is 16.6. The number of aryl methyl sites for hydroxylation is 1. The highest BCUT2D eigenvalue weighted by Gasteiger charge is 2.34. The number of halogens is 1. The number of fused-ring (bicyclic) bond motifs is 1. The lowest BCUT2D eigenvalue weighted by atomic mass is 9.83. The van der Waals surface area contributed by atoms with E-state index in [9.17, 15) is 4.79 Å². The molecule has 1 aliphatic heterocycles. The normalized spacial score (nSPS) is 17.5. The Morgan fingerprint density at radius 2 is 2.09 bits per heavy atom. The van der Waals surface area contributed by atoms with Gasteiger partial charge in [-0.3, -0.25) is 9.48 Å². The van der Waals surface area contributed by atoms with Gasteiger partial charge in [-0.25, -0.2) is 4.39 Å². The van der Waals surface area contributed by atoms with Crippen LogP contribution in [-0.4, -0.2) is 27.1 Å². The van der Waals surface area contributed by atoms with Gasteiger partial charge < -0.3 is 4.90 Å². The van der Waals surface area contributed by atoms with Gasteiger partial charge in [-0.15, -0.1) is 11.3 Å². The number of hydrogen-bond acceptors (Lipinski definition) is 3. The molecule has 3 aromatic rings. The van der Waals surface area contributed by atoms with Crippen LogP contribution in [0.15, 0.2) is 55.8 Å². The molecule has 0 bridgehead atoms. The van der Waals surface area contributed by atoms with Gasteiger partial charge in [0, 0.05) is 40.5 Å². The molecule has 1 aromatic carbocycles. The second-order valence-corrected chi connectivity index (χ2v) is 10.4. The topological polar surface area (TPSA) is 38.1 Å². The number of aromatic nitrogens is 2. The number of hydrogen-bond donors (Lipinski definition) is 0. The second-order valence-electron chi connectivity index (χ2n) is 8.12. The van der Waals surface area contributed by atoms with Gasteiger partial charge in [-0.2, -0.15) is 5.10 Å². The molecule has 7 heteroatoms. The summed E-state index contributed by atoms with van der Waals surface area (Å²) in [6.45, 7) is 12.8. The fourth-order valence-electron chi connectivity index (χ4n) is 4.29. The minimum absolute atomic E-state index is 0.0444. The average molecular weight is 468 g/mol. The number of amides is 1. The Hall–Kier alpha value is -2.56. The molecule has 32 heavy (non-hydrogen) atoms. The van der Waals surface area contributed by atoms with Crippen LogP contribution in [0, 0.1) is 0 Å². The zero-order valence-corrected chi connectivity index (χ0v) is 20.3. The summed E-state index contributed by atoms with van der Waals surface area (Å²) in [6.07, 6.45) is 5.12. The van der Waals surface area contributed by atoms with E-state index in [1.54, 1.807) is 16.0 Å². The molecule has 2 aromatic heterocycles. The van der Waals surface area contributed by atoms with Gasteiger partial charge in [0.2, 0.25) is 5.91 Å². The second kappa shape index (κ2) is 8.76. The van der Waals surface area contributed by atoms with Gasteiger partial charge in [0.1, 0.15) is 5.69 Å². The first kappa shape index (κ1) is 22.6. The van der Waals surface area contributed by atoms with Crippen molar-refractivity contribution >= 4 is 32.6 Å². The van der Waals surface area contributed by atoms with Gasteiger partial charge in [0.05, 0.1) is 6.54 Å². The maximum Gasteiger partial charge on any atom is 0.246 e. The summed E-state index contributed by atoms with van der Waals surface area (Å²) in [5.41, 5.74) is 4.35. The largest absolute Gasteiger partial charge is 0.333 e. The third-order valence-corrected chi connectivity index (χ3v) is 7.24. The molecule has 166 valence electrons. The van der Waals surface area contributed by atoms with Crippen LogP contribution < -0.4 is 0 Å². The predicted octanol–water partition coefficient (Wildman–Crippen LogP) is 5.95. The van der Waals surface area contributed by atoms with Crippen LogP contribution in [0.1, 0.15) is 46.3 Å². The fourth-order valence-corrected chi connectivity index (χ4v) is 5.60. The molecule has 0 saturated carbocycles. The van der Waals surface area contributed by atoms with Crippen molar-refractivity contribution in [2.24, 2.45) is 0 Å². The van der Waals surface area contributed by atoms with Crippen molar-refractivity contribution in [3.63, 3.8) is 0 Å². The molecule has 1 aliphatic rings. The zero-order chi connectivity index (χ0) is 23.0. The van der Waals surface area contributed by atoms with E-state index in [1.165, 1.54) is 18.6 Å². The Morgan fingerprint density at radius 1 is 1.34 bits per heavy atom. The quantitative estimate of drug-likeness (QED) is 0.332. The molecule has 3 heterocycles.